The van der Waals surface area contributed by atoms with Crippen LogP contribution in [0.2, 0.25) is 0 Å². The second kappa shape index (κ2) is 7.97. The highest BCUT2D eigenvalue weighted by Gasteiger charge is 2.19. The maximum atomic E-state index is 12.6. The van der Waals surface area contributed by atoms with Gasteiger partial charge in [0.15, 0.2) is 0 Å². The first-order chi connectivity index (χ1) is 12.1. The Morgan fingerprint density at radius 3 is 2.28 bits per heavy atom. The van der Waals surface area contributed by atoms with Crippen molar-refractivity contribution in [3.05, 3.63) is 65.2 Å². The second-order valence-electron chi connectivity index (χ2n) is 6.67. The zero-order valence-electron chi connectivity index (χ0n) is 14.5. The van der Waals surface area contributed by atoms with Gasteiger partial charge < -0.3 is 10.6 Å². The fourth-order valence-corrected chi connectivity index (χ4v) is 3.20. The summed E-state index contributed by atoms with van der Waals surface area (Å²) < 4.78 is 0. The van der Waals surface area contributed by atoms with E-state index in [4.69, 9.17) is 0 Å². The molecular formula is C21H24N2O2. The van der Waals surface area contributed by atoms with Crippen LogP contribution in [0.4, 0.5) is 5.69 Å². The van der Waals surface area contributed by atoms with Gasteiger partial charge in [0.1, 0.15) is 0 Å². The van der Waals surface area contributed by atoms with Gasteiger partial charge in [0, 0.05) is 11.6 Å². The van der Waals surface area contributed by atoms with E-state index in [2.05, 4.69) is 10.6 Å². The molecule has 0 bridgehead atoms. The van der Waals surface area contributed by atoms with Crippen LogP contribution in [0.15, 0.2) is 48.5 Å². The van der Waals surface area contributed by atoms with Gasteiger partial charge in [0.05, 0.1) is 11.3 Å². The maximum Gasteiger partial charge on any atom is 0.255 e. The van der Waals surface area contributed by atoms with Crippen LogP contribution in [0.3, 0.4) is 0 Å². The highest BCUT2D eigenvalue weighted by molar-refractivity contribution is 6.09. The number of carbonyl (C=O) groups is 2. The van der Waals surface area contributed by atoms with Crippen LogP contribution in [0.1, 0.15) is 58.4 Å². The van der Waals surface area contributed by atoms with Gasteiger partial charge in [0.2, 0.25) is 0 Å². The lowest BCUT2D eigenvalue weighted by Gasteiger charge is -2.23. The monoisotopic (exact) mass is 336 g/mol. The zero-order chi connectivity index (χ0) is 17.6. The van der Waals surface area contributed by atoms with E-state index < -0.39 is 0 Å². The van der Waals surface area contributed by atoms with Crippen LogP contribution >= 0.6 is 0 Å². The summed E-state index contributed by atoms with van der Waals surface area (Å²) in [5, 5.41) is 5.97. The van der Waals surface area contributed by atoms with Gasteiger partial charge in [-0.3, -0.25) is 9.59 Å². The molecule has 2 amide bonds. The number of rotatable bonds is 4. The van der Waals surface area contributed by atoms with E-state index in [1.807, 2.05) is 31.2 Å². The van der Waals surface area contributed by atoms with E-state index in [-0.39, 0.29) is 17.9 Å². The molecule has 1 aliphatic carbocycles. The maximum absolute atomic E-state index is 12.6. The minimum absolute atomic E-state index is 0.119. The number of benzene rings is 2. The second-order valence-corrected chi connectivity index (χ2v) is 6.67. The quantitative estimate of drug-likeness (QED) is 0.874. The summed E-state index contributed by atoms with van der Waals surface area (Å²) >= 11 is 0. The molecule has 130 valence electrons. The fourth-order valence-electron chi connectivity index (χ4n) is 3.20. The van der Waals surface area contributed by atoms with Crippen molar-refractivity contribution in [2.45, 2.75) is 45.1 Å². The third kappa shape index (κ3) is 4.47. The molecule has 4 nitrogen and oxygen atoms in total. The molecule has 0 saturated heterocycles. The third-order valence-electron chi connectivity index (χ3n) is 4.67. The molecule has 0 heterocycles. The number of para-hydroxylation sites is 1. The average Bonchev–Trinajstić information content (AvgIpc) is 2.63. The van der Waals surface area contributed by atoms with Crippen LogP contribution in [0.5, 0.6) is 0 Å². The Balaban J connectivity index is 1.72. The first-order valence-electron chi connectivity index (χ1n) is 8.91. The van der Waals surface area contributed by atoms with E-state index in [1.54, 1.807) is 24.3 Å². The molecule has 2 N–H and O–H groups in total. The Kier molecular flexibility index (Phi) is 5.49. The number of carbonyl (C=O) groups excluding carboxylic acids is 2. The largest absolute Gasteiger partial charge is 0.349 e. The Labute approximate surface area is 148 Å². The van der Waals surface area contributed by atoms with Gasteiger partial charge >= 0.3 is 0 Å². The highest BCUT2D eigenvalue weighted by atomic mass is 16.2. The van der Waals surface area contributed by atoms with Crippen molar-refractivity contribution in [3.63, 3.8) is 0 Å². The molecule has 2 aromatic carbocycles. The lowest BCUT2D eigenvalue weighted by molar-refractivity contribution is 0.0928. The molecular weight excluding hydrogens is 312 g/mol. The lowest BCUT2D eigenvalue weighted by atomic mass is 9.95. The molecule has 1 saturated carbocycles. The van der Waals surface area contributed by atoms with E-state index in [0.29, 0.717) is 16.8 Å². The molecule has 1 fully saturated rings. The van der Waals surface area contributed by atoms with E-state index in [1.165, 1.54) is 6.42 Å². The van der Waals surface area contributed by atoms with Gasteiger partial charge in [-0.15, -0.1) is 0 Å². The van der Waals surface area contributed by atoms with E-state index in [0.717, 1.165) is 31.2 Å². The van der Waals surface area contributed by atoms with Crippen molar-refractivity contribution in [1.29, 1.82) is 0 Å². The first-order valence-corrected chi connectivity index (χ1v) is 8.91. The van der Waals surface area contributed by atoms with Crippen molar-refractivity contribution < 1.29 is 9.59 Å². The SMILES string of the molecule is Cc1ccc(C(=O)Nc2ccccc2C(=O)NC2CCCCC2)cc1. The Bertz CT molecular complexity index is 747. The molecule has 0 unspecified atom stereocenters. The van der Waals surface area contributed by atoms with Gasteiger partial charge in [0.25, 0.3) is 11.8 Å². The molecule has 0 aliphatic heterocycles. The number of hydrogen-bond donors (Lipinski definition) is 2. The molecule has 3 rings (SSSR count). The summed E-state index contributed by atoms with van der Waals surface area (Å²) in [6.07, 6.45) is 5.64. The van der Waals surface area contributed by atoms with Crippen LogP contribution in [0, 0.1) is 6.92 Å². The average molecular weight is 336 g/mol. The van der Waals surface area contributed by atoms with Gasteiger partial charge in [-0.05, 0) is 44.0 Å². The zero-order valence-corrected chi connectivity index (χ0v) is 14.5. The molecule has 0 spiro atoms. The molecule has 0 aromatic heterocycles. The predicted octanol–water partition coefficient (Wildman–Crippen LogP) is 4.31. The summed E-state index contributed by atoms with van der Waals surface area (Å²) in [5.41, 5.74) is 2.73. The predicted molar refractivity (Wildman–Crippen MR) is 99.9 cm³/mol. The first kappa shape index (κ1) is 17.2. The van der Waals surface area contributed by atoms with Crippen LogP contribution < -0.4 is 10.6 Å². The molecule has 4 heteroatoms. The Hall–Kier alpha value is -2.62. The van der Waals surface area contributed by atoms with Crippen LogP contribution in [-0.4, -0.2) is 17.9 Å². The van der Waals surface area contributed by atoms with Gasteiger partial charge in [-0.1, -0.05) is 49.1 Å². The molecule has 0 atom stereocenters. The Morgan fingerprint density at radius 2 is 1.56 bits per heavy atom. The van der Waals surface area contributed by atoms with Crippen LogP contribution in [0.25, 0.3) is 0 Å². The summed E-state index contributed by atoms with van der Waals surface area (Å²) in [6.45, 7) is 1.98. The van der Waals surface area contributed by atoms with Gasteiger partial charge in [-0.2, -0.15) is 0 Å². The molecule has 0 radical (unpaired) electrons. The number of aryl methyl sites for hydroxylation is 1. The number of hydrogen-bond acceptors (Lipinski definition) is 2. The third-order valence-corrected chi connectivity index (χ3v) is 4.67. The standard InChI is InChI=1S/C21H24N2O2/c1-15-11-13-16(14-12-15)20(24)23-19-10-6-5-9-18(19)21(25)22-17-7-3-2-4-8-17/h5-6,9-14,17H,2-4,7-8H2,1H3,(H,22,25)(H,23,24). The minimum Gasteiger partial charge on any atom is -0.349 e. The minimum atomic E-state index is -0.210. The van der Waals surface area contributed by atoms with E-state index in [9.17, 15) is 9.59 Å². The number of amides is 2. The Morgan fingerprint density at radius 1 is 0.880 bits per heavy atom. The molecule has 2 aromatic rings. The van der Waals surface area contributed by atoms with Crippen molar-refractivity contribution >= 4 is 17.5 Å². The van der Waals surface area contributed by atoms with Crippen molar-refractivity contribution in [1.82, 2.24) is 5.32 Å². The lowest BCUT2D eigenvalue weighted by Crippen LogP contribution is -2.36. The number of nitrogens with one attached hydrogen (secondary N) is 2. The smallest absolute Gasteiger partial charge is 0.255 e. The fraction of sp³-hybridized carbons (Fsp3) is 0.333. The summed E-state index contributed by atoms with van der Waals surface area (Å²) in [4.78, 5) is 25.1. The van der Waals surface area contributed by atoms with Crippen molar-refractivity contribution in [2.75, 3.05) is 5.32 Å². The molecule has 25 heavy (non-hydrogen) atoms. The van der Waals surface area contributed by atoms with E-state index >= 15 is 0 Å². The summed E-state index contributed by atoms with van der Waals surface area (Å²) in [6, 6.07) is 14.8. The van der Waals surface area contributed by atoms with Crippen LogP contribution in [-0.2, 0) is 0 Å². The highest BCUT2D eigenvalue weighted by Crippen LogP contribution is 2.20. The summed E-state index contributed by atoms with van der Waals surface area (Å²) in [7, 11) is 0. The number of anilines is 1. The molecule has 1 aliphatic rings. The normalized spacial score (nSPS) is 14.8. The topological polar surface area (TPSA) is 58.2 Å². The summed E-state index contributed by atoms with van der Waals surface area (Å²) in [5.74, 6) is -0.329. The van der Waals surface area contributed by atoms with Gasteiger partial charge in [-0.25, -0.2) is 0 Å². The van der Waals surface area contributed by atoms with Crippen molar-refractivity contribution in [2.24, 2.45) is 0 Å². The van der Waals surface area contributed by atoms with Crippen molar-refractivity contribution in [3.8, 4) is 0 Å².